The maximum Gasteiger partial charge on any atom is 0.251 e. The second-order valence-electron chi connectivity index (χ2n) is 3.68. The first-order valence-electron chi connectivity index (χ1n) is 5.05. The first-order chi connectivity index (χ1) is 7.66. The summed E-state index contributed by atoms with van der Waals surface area (Å²) in [5.41, 5.74) is 1.82. The summed E-state index contributed by atoms with van der Waals surface area (Å²) in [6.07, 6.45) is 0. The van der Waals surface area contributed by atoms with Crippen molar-refractivity contribution >= 4 is 12.2 Å². The van der Waals surface area contributed by atoms with Crippen LogP contribution in [0.4, 0.5) is 0 Å². The van der Waals surface area contributed by atoms with Crippen molar-refractivity contribution in [2.45, 2.75) is 12.8 Å². The molecule has 1 aromatic heterocycles. The van der Waals surface area contributed by atoms with E-state index in [9.17, 15) is 4.79 Å². The fourth-order valence-corrected chi connectivity index (χ4v) is 1.86. The van der Waals surface area contributed by atoms with Gasteiger partial charge in [0.25, 0.3) is 5.56 Å². The van der Waals surface area contributed by atoms with Gasteiger partial charge in [-0.3, -0.25) is 9.78 Å². The zero-order valence-electron chi connectivity index (χ0n) is 8.86. The van der Waals surface area contributed by atoms with E-state index in [-0.39, 0.29) is 11.5 Å². The van der Waals surface area contributed by atoms with E-state index in [0.717, 1.165) is 11.3 Å². The molecule has 2 aromatic rings. The summed E-state index contributed by atoms with van der Waals surface area (Å²) in [6, 6.07) is 11.5. The summed E-state index contributed by atoms with van der Waals surface area (Å²) in [7, 11) is 0. The lowest BCUT2D eigenvalue weighted by Crippen LogP contribution is -2.10. The van der Waals surface area contributed by atoms with Crippen molar-refractivity contribution in [3.63, 3.8) is 0 Å². The van der Waals surface area contributed by atoms with E-state index in [1.165, 1.54) is 0 Å². The van der Waals surface area contributed by atoms with Crippen molar-refractivity contribution in [3.8, 4) is 0 Å². The number of benzene rings is 1. The van der Waals surface area contributed by atoms with E-state index >= 15 is 0 Å². The molecule has 3 nitrogen and oxygen atoms in total. The van der Waals surface area contributed by atoms with Crippen LogP contribution in [0, 0.1) is 4.77 Å². The average molecular weight is 232 g/mol. The molecule has 0 radical (unpaired) electrons. The zero-order chi connectivity index (χ0) is 11.5. The van der Waals surface area contributed by atoms with E-state index in [4.69, 9.17) is 12.2 Å². The summed E-state index contributed by atoms with van der Waals surface area (Å²) < 4.78 is 0.366. The minimum Gasteiger partial charge on any atom is -0.335 e. The Hall–Kier alpha value is -1.68. The highest BCUT2D eigenvalue weighted by atomic mass is 32.1. The molecule has 4 heteroatoms. The SMILES string of the molecule is C[C@@H](c1ccccc1)c1cc(=O)[nH]c(=S)[nH]1. The molecule has 0 aliphatic heterocycles. The van der Waals surface area contributed by atoms with Gasteiger partial charge in [-0.15, -0.1) is 0 Å². The molecule has 0 aliphatic rings. The van der Waals surface area contributed by atoms with Crippen LogP contribution in [0.25, 0.3) is 0 Å². The van der Waals surface area contributed by atoms with Crippen molar-refractivity contribution in [2.75, 3.05) is 0 Å². The Labute approximate surface area is 98.2 Å². The van der Waals surface area contributed by atoms with Crippen molar-refractivity contribution in [3.05, 3.63) is 62.8 Å². The standard InChI is InChI=1S/C12H12N2OS/c1-8(9-5-3-2-4-6-9)10-7-11(15)14-12(16)13-10/h2-8H,1H3,(H2,13,14,15,16)/t8-/m0/s1. The fraction of sp³-hybridized carbons (Fsp3) is 0.167. The number of hydrogen-bond acceptors (Lipinski definition) is 2. The van der Waals surface area contributed by atoms with Crippen LogP contribution in [0.15, 0.2) is 41.2 Å². The number of aromatic amines is 2. The highest BCUT2D eigenvalue weighted by molar-refractivity contribution is 7.71. The Morgan fingerprint density at radius 2 is 1.88 bits per heavy atom. The Balaban J connectivity index is 2.45. The van der Waals surface area contributed by atoms with Gasteiger partial charge >= 0.3 is 0 Å². The van der Waals surface area contributed by atoms with Gasteiger partial charge in [0.2, 0.25) is 0 Å². The summed E-state index contributed by atoms with van der Waals surface area (Å²) >= 11 is 4.95. The maximum absolute atomic E-state index is 11.3. The second-order valence-corrected chi connectivity index (χ2v) is 4.08. The van der Waals surface area contributed by atoms with Gasteiger partial charge in [-0.1, -0.05) is 37.3 Å². The second kappa shape index (κ2) is 4.45. The molecule has 0 saturated heterocycles. The van der Waals surface area contributed by atoms with Gasteiger partial charge < -0.3 is 4.98 Å². The van der Waals surface area contributed by atoms with E-state index in [1.807, 2.05) is 37.3 Å². The molecule has 1 aromatic carbocycles. The first-order valence-corrected chi connectivity index (χ1v) is 5.46. The van der Waals surface area contributed by atoms with Gasteiger partial charge in [0.1, 0.15) is 0 Å². The molecule has 0 aliphatic carbocycles. The molecule has 16 heavy (non-hydrogen) atoms. The van der Waals surface area contributed by atoms with Crippen molar-refractivity contribution in [1.82, 2.24) is 9.97 Å². The smallest absolute Gasteiger partial charge is 0.251 e. The molecule has 2 rings (SSSR count). The molecule has 0 saturated carbocycles. The molecule has 0 unspecified atom stereocenters. The molecule has 2 N–H and O–H groups in total. The molecular weight excluding hydrogens is 220 g/mol. The molecule has 0 spiro atoms. The van der Waals surface area contributed by atoms with Crippen LogP contribution in [0.2, 0.25) is 0 Å². The van der Waals surface area contributed by atoms with Crippen LogP contribution in [-0.2, 0) is 0 Å². The third kappa shape index (κ3) is 2.28. The van der Waals surface area contributed by atoms with E-state index < -0.39 is 0 Å². The van der Waals surface area contributed by atoms with Crippen LogP contribution in [0.5, 0.6) is 0 Å². The third-order valence-corrected chi connectivity index (χ3v) is 2.75. The van der Waals surface area contributed by atoms with Gasteiger partial charge in [0, 0.05) is 17.7 Å². The highest BCUT2D eigenvalue weighted by Gasteiger charge is 2.08. The molecule has 0 bridgehead atoms. The first kappa shape index (κ1) is 10.8. The van der Waals surface area contributed by atoms with Crippen LogP contribution < -0.4 is 5.56 Å². The lowest BCUT2D eigenvalue weighted by Gasteiger charge is -2.11. The van der Waals surface area contributed by atoms with E-state index in [1.54, 1.807) is 6.07 Å². The molecular formula is C12H12N2OS. The number of H-pyrrole nitrogens is 2. The minimum atomic E-state index is -0.165. The normalized spacial score (nSPS) is 12.3. The Bertz CT molecular complexity index is 557. The zero-order valence-corrected chi connectivity index (χ0v) is 9.67. The van der Waals surface area contributed by atoms with Crippen molar-refractivity contribution < 1.29 is 0 Å². The Morgan fingerprint density at radius 1 is 1.19 bits per heavy atom. The lowest BCUT2D eigenvalue weighted by molar-refractivity contribution is 0.847. The Morgan fingerprint density at radius 3 is 2.50 bits per heavy atom. The van der Waals surface area contributed by atoms with Crippen LogP contribution >= 0.6 is 12.2 Å². The van der Waals surface area contributed by atoms with Crippen LogP contribution in [0.3, 0.4) is 0 Å². The highest BCUT2D eigenvalue weighted by Crippen LogP contribution is 2.20. The maximum atomic E-state index is 11.3. The van der Waals surface area contributed by atoms with E-state index in [2.05, 4.69) is 9.97 Å². The number of nitrogens with one attached hydrogen (secondary N) is 2. The average Bonchev–Trinajstić information content (AvgIpc) is 2.28. The number of hydrogen-bond donors (Lipinski definition) is 2. The summed E-state index contributed by atoms with van der Waals surface area (Å²) in [6.45, 7) is 2.04. The predicted octanol–water partition coefficient (Wildman–Crippen LogP) is 2.58. The summed E-state index contributed by atoms with van der Waals surface area (Å²) in [5.74, 6) is 0.130. The van der Waals surface area contributed by atoms with Crippen molar-refractivity contribution in [2.24, 2.45) is 0 Å². The van der Waals surface area contributed by atoms with Gasteiger partial charge in [0.15, 0.2) is 4.77 Å². The lowest BCUT2D eigenvalue weighted by atomic mass is 9.98. The van der Waals surface area contributed by atoms with Gasteiger partial charge in [0.05, 0.1) is 0 Å². The Kier molecular flexibility index (Phi) is 3.01. The van der Waals surface area contributed by atoms with Gasteiger partial charge in [-0.2, -0.15) is 0 Å². The summed E-state index contributed by atoms with van der Waals surface area (Å²) in [5, 5.41) is 0. The van der Waals surface area contributed by atoms with Crippen LogP contribution in [-0.4, -0.2) is 9.97 Å². The molecule has 0 fully saturated rings. The van der Waals surface area contributed by atoms with E-state index in [0.29, 0.717) is 4.77 Å². The number of aromatic nitrogens is 2. The molecule has 1 atom stereocenters. The monoisotopic (exact) mass is 232 g/mol. The molecule has 82 valence electrons. The minimum absolute atomic E-state index is 0.130. The molecule has 1 heterocycles. The van der Waals surface area contributed by atoms with Gasteiger partial charge in [-0.05, 0) is 17.8 Å². The predicted molar refractivity (Wildman–Crippen MR) is 66.2 cm³/mol. The topological polar surface area (TPSA) is 48.6 Å². The third-order valence-electron chi connectivity index (χ3n) is 2.55. The summed E-state index contributed by atoms with van der Waals surface area (Å²) in [4.78, 5) is 16.8. The fourth-order valence-electron chi connectivity index (χ4n) is 1.64. The van der Waals surface area contributed by atoms with Crippen molar-refractivity contribution in [1.29, 1.82) is 0 Å². The molecule has 0 amide bonds. The quantitative estimate of drug-likeness (QED) is 0.782. The van der Waals surface area contributed by atoms with Gasteiger partial charge in [-0.25, -0.2) is 0 Å². The largest absolute Gasteiger partial charge is 0.335 e. The number of rotatable bonds is 2. The van der Waals surface area contributed by atoms with Crippen LogP contribution in [0.1, 0.15) is 24.1 Å².